The summed E-state index contributed by atoms with van der Waals surface area (Å²) >= 11 is 6.01. The second kappa shape index (κ2) is 5.85. The molecule has 1 aliphatic carbocycles. The Morgan fingerprint density at radius 1 is 1.43 bits per heavy atom. The summed E-state index contributed by atoms with van der Waals surface area (Å²) in [6.07, 6.45) is 1.58. The highest BCUT2D eigenvalue weighted by Gasteiger charge is 2.47. The zero-order valence-corrected chi connectivity index (χ0v) is 13.3. The van der Waals surface area contributed by atoms with E-state index in [1.54, 1.807) is 18.2 Å². The molecule has 0 aliphatic heterocycles. The summed E-state index contributed by atoms with van der Waals surface area (Å²) in [7, 11) is -2.10. The average molecular weight is 332 g/mol. The lowest BCUT2D eigenvalue weighted by atomic mass is 10.1. The van der Waals surface area contributed by atoms with Crippen molar-refractivity contribution in [2.24, 2.45) is 5.41 Å². The molecule has 116 valence electrons. The smallest absolute Gasteiger partial charge is 0.306 e. The number of carbonyl (C=O) groups excluding carboxylic acids is 1. The van der Waals surface area contributed by atoms with Crippen LogP contribution in [0.4, 0.5) is 5.69 Å². The molecule has 0 saturated heterocycles. The third-order valence-corrected chi connectivity index (χ3v) is 5.88. The van der Waals surface area contributed by atoms with Crippen LogP contribution in [0.2, 0.25) is 5.02 Å². The molecule has 1 aliphatic rings. The van der Waals surface area contributed by atoms with Crippen LogP contribution in [0.25, 0.3) is 0 Å². The molecule has 21 heavy (non-hydrogen) atoms. The summed E-state index contributed by atoms with van der Waals surface area (Å²) in [5.74, 6) is -0.624. The predicted molar refractivity (Wildman–Crippen MR) is 81.7 cm³/mol. The lowest BCUT2D eigenvalue weighted by molar-refractivity contribution is -0.141. The highest BCUT2D eigenvalue weighted by atomic mass is 35.5. The Bertz CT molecular complexity index is 633. The summed E-state index contributed by atoms with van der Waals surface area (Å²) in [4.78, 5) is 11.4. The van der Waals surface area contributed by atoms with Gasteiger partial charge in [0.25, 0.3) is 0 Å². The van der Waals surface area contributed by atoms with E-state index in [4.69, 9.17) is 17.3 Å². The fourth-order valence-corrected chi connectivity index (χ4v) is 4.91. The third kappa shape index (κ3) is 4.11. The topological polar surface area (TPSA) is 86.5 Å². The minimum absolute atomic E-state index is 0.0419. The van der Waals surface area contributed by atoms with Crippen molar-refractivity contribution >= 4 is 33.1 Å². The lowest BCUT2D eigenvalue weighted by Gasteiger charge is -2.15. The van der Waals surface area contributed by atoms with Gasteiger partial charge in [-0.05, 0) is 30.4 Å². The molecule has 7 heteroatoms. The molecule has 1 fully saturated rings. The SMILES string of the molecule is COC(=O)CC1(CS(=O)(=O)Cc2c(N)cccc2Cl)CC1. The number of carbonyl (C=O) groups is 1. The molecule has 0 amide bonds. The maximum Gasteiger partial charge on any atom is 0.306 e. The number of methoxy groups -OCH3 is 1. The molecule has 0 unspecified atom stereocenters. The van der Waals surface area contributed by atoms with E-state index in [0.717, 1.165) is 12.8 Å². The molecule has 0 spiro atoms. The Hall–Kier alpha value is -1.27. The lowest BCUT2D eigenvalue weighted by Crippen LogP contribution is -2.22. The van der Waals surface area contributed by atoms with E-state index < -0.39 is 15.3 Å². The summed E-state index contributed by atoms with van der Waals surface area (Å²) in [5.41, 5.74) is 6.11. The molecule has 5 nitrogen and oxygen atoms in total. The fraction of sp³-hybridized carbons (Fsp3) is 0.500. The first-order valence-corrected chi connectivity index (χ1v) is 8.77. The van der Waals surface area contributed by atoms with Gasteiger partial charge in [0.2, 0.25) is 0 Å². The van der Waals surface area contributed by atoms with Gasteiger partial charge in [0.05, 0.1) is 25.0 Å². The molecule has 2 N–H and O–H groups in total. The maximum atomic E-state index is 12.4. The molecule has 0 heterocycles. The number of benzene rings is 1. The van der Waals surface area contributed by atoms with Gasteiger partial charge in [-0.1, -0.05) is 17.7 Å². The minimum Gasteiger partial charge on any atom is -0.469 e. The number of hydrogen-bond donors (Lipinski definition) is 1. The van der Waals surface area contributed by atoms with E-state index in [0.29, 0.717) is 16.3 Å². The summed E-state index contributed by atoms with van der Waals surface area (Å²) < 4.78 is 29.3. The van der Waals surface area contributed by atoms with Crippen LogP contribution in [0.3, 0.4) is 0 Å². The molecule has 0 radical (unpaired) electrons. The Labute approximate surface area is 129 Å². The van der Waals surface area contributed by atoms with Crippen molar-refractivity contribution in [2.75, 3.05) is 18.6 Å². The van der Waals surface area contributed by atoms with E-state index in [9.17, 15) is 13.2 Å². The Kier molecular flexibility index (Phi) is 4.49. The predicted octanol–water partition coefficient (Wildman–Crippen LogP) is 2.18. The van der Waals surface area contributed by atoms with Gasteiger partial charge in [-0.25, -0.2) is 8.42 Å². The van der Waals surface area contributed by atoms with Crippen LogP contribution in [0.1, 0.15) is 24.8 Å². The maximum absolute atomic E-state index is 12.4. The van der Waals surface area contributed by atoms with Crippen LogP contribution in [0.15, 0.2) is 18.2 Å². The van der Waals surface area contributed by atoms with Crippen LogP contribution in [-0.4, -0.2) is 27.2 Å². The zero-order valence-electron chi connectivity index (χ0n) is 11.8. The zero-order chi connectivity index (χ0) is 15.7. The number of anilines is 1. The molecular weight excluding hydrogens is 314 g/mol. The second-order valence-electron chi connectivity index (χ2n) is 5.59. The van der Waals surface area contributed by atoms with Crippen LogP contribution in [0, 0.1) is 5.41 Å². The molecular formula is C14H18ClNO4S. The summed E-state index contributed by atoms with van der Waals surface area (Å²) in [6.45, 7) is 0. The van der Waals surface area contributed by atoms with Crippen molar-refractivity contribution in [3.05, 3.63) is 28.8 Å². The number of nitrogens with two attached hydrogens (primary N) is 1. The highest BCUT2D eigenvalue weighted by molar-refractivity contribution is 7.90. The first kappa shape index (κ1) is 16.1. The minimum atomic E-state index is -3.40. The Morgan fingerprint density at radius 2 is 2.10 bits per heavy atom. The van der Waals surface area contributed by atoms with Crippen LogP contribution in [0.5, 0.6) is 0 Å². The van der Waals surface area contributed by atoms with Gasteiger partial charge in [0, 0.05) is 16.3 Å². The number of rotatable bonds is 6. The van der Waals surface area contributed by atoms with Gasteiger partial charge < -0.3 is 10.5 Å². The number of halogens is 1. The van der Waals surface area contributed by atoms with Gasteiger partial charge in [0.15, 0.2) is 9.84 Å². The van der Waals surface area contributed by atoms with Gasteiger partial charge in [-0.2, -0.15) is 0 Å². The van der Waals surface area contributed by atoms with Gasteiger partial charge in [0.1, 0.15) is 0 Å². The molecule has 0 aromatic heterocycles. The van der Waals surface area contributed by atoms with Gasteiger partial charge in [-0.3, -0.25) is 4.79 Å². The molecule has 2 rings (SSSR count). The van der Waals surface area contributed by atoms with Crippen molar-refractivity contribution < 1.29 is 17.9 Å². The molecule has 0 atom stereocenters. The highest BCUT2D eigenvalue weighted by Crippen LogP contribution is 2.50. The molecule has 0 bridgehead atoms. The van der Waals surface area contributed by atoms with Gasteiger partial charge >= 0.3 is 5.97 Å². The van der Waals surface area contributed by atoms with Crippen molar-refractivity contribution in [3.8, 4) is 0 Å². The van der Waals surface area contributed by atoms with Crippen molar-refractivity contribution in [3.63, 3.8) is 0 Å². The summed E-state index contributed by atoms with van der Waals surface area (Å²) in [6, 6.07) is 4.91. The Balaban J connectivity index is 2.11. The van der Waals surface area contributed by atoms with Crippen molar-refractivity contribution in [2.45, 2.75) is 25.0 Å². The molecule has 1 saturated carbocycles. The largest absolute Gasteiger partial charge is 0.469 e. The van der Waals surface area contributed by atoms with E-state index in [-0.39, 0.29) is 23.9 Å². The summed E-state index contributed by atoms with van der Waals surface area (Å²) in [5, 5.41) is 0.344. The normalized spacial score (nSPS) is 16.5. The number of hydrogen-bond acceptors (Lipinski definition) is 5. The van der Waals surface area contributed by atoms with E-state index in [1.807, 2.05) is 0 Å². The van der Waals surface area contributed by atoms with Crippen LogP contribution >= 0.6 is 11.6 Å². The van der Waals surface area contributed by atoms with Crippen LogP contribution in [-0.2, 0) is 25.1 Å². The molecule has 1 aromatic carbocycles. The van der Waals surface area contributed by atoms with E-state index >= 15 is 0 Å². The quantitative estimate of drug-likeness (QED) is 0.637. The third-order valence-electron chi connectivity index (χ3n) is 3.75. The average Bonchev–Trinajstić information content (AvgIpc) is 3.12. The van der Waals surface area contributed by atoms with E-state index in [1.165, 1.54) is 7.11 Å². The monoisotopic (exact) mass is 331 g/mol. The standard InChI is InChI=1S/C14H18ClNO4S/c1-20-13(17)7-14(5-6-14)9-21(18,19)8-10-11(15)3-2-4-12(10)16/h2-4H,5-9,16H2,1H3. The number of nitrogen functional groups attached to an aromatic ring is 1. The number of esters is 1. The van der Waals surface area contributed by atoms with Gasteiger partial charge in [-0.15, -0.1) is 0 Å². The van der Waals surface area contributed by atoms with Crippen molar-refractivity contribution in [1.82, 2.24) is 0 Å². The van der Waals surface area contributed by atoms with Crippen molar-refractivity contribution in [1.29, 1.82) is 0 Å². The van der Waals surface area contributed by atoms with E-state index in [2.05, 4.69) is 4.74 Å². The first-order valence-electron chi connectivity index (χ1n) is 6.57. The fourth-order valence-electron chi connectivity index (χ4n) is 2.39. The van der Waals surface area contributed by atoms with Crippen LogP contribution < -0.4 is 5.73 Å². The number of ether oxygens (including phenoxy) is 1. The second-order valence-corrected chi connectivity index (χ2v) is 8.06. The first-order chi connectivity index (χ1) is 9.77. The molecule has 1 aromatic rings. The Morgan fingerprint density at radius 3 is 2.62 bits per heavy atom. The number of sulfone groups is 1.